The lowest BCUT2D eigenvalue weighted by Crippen LogP contribution is -2.46. The number of hydrogen-bond donors (Lipinski definition) is 1. The highest BCUT2D eigenvalue weighted by Crippen LogP contribution is 2.22. The van der Waals surface area contributed by atoms with Gasteiger partial charge in [0.25, 0.3) is 0 Å². The molecule has 1 aromatic heterocycles. The van der Waals surface area contributed by atoms with E-state index in [1.54, 1.807) is 11.8 Å². The van der Waals surface area contributed by atoms with Crippen LogP contribution >= 0.6 is 11.8 Å². The van der Waals surface area contributed by atoms with Crippen LogP contribution in [0.25, 0.3) is 0 Å². The summed E-state index contributed by atoms with van der Waals surface area (Å²) in [4.78, 5) is 6.42. The number of rotatable bonds is 6. The third-order valence-electron chi connectivity index (χ3n) is 3.45. The maximum Gasteiger partial charge on any atom is 0.164 e. The number of aromatic nitrogens is 1. The van der Waals surface area contributed by atoms with Crippen molar-refractivity contribution < 1.29 is 8.42 Å². The Bertz CT molecular complexity index is 546. The van der Waals surface area contributed by atoms with Crippen molar-refractivity contribution in [3.05, 3.63) is 23.9 Å². The molecule has 1 aliphatic rings. The van der Waals surface area contributed by atoms with Gasteiger partial charge in [-0.2, -0.15) is 11.8 Å². The van der Waals surface area contributed by atoms with Crippen LogP contribution in [0, 0.1) is 0 Å². The van der Waals surface area contributed by atoms with Crippen molar-refractivity contribution in [1.29, 1.82) is 0 Å². The summed E-state index contributed by atoms with van der Waals surface area (Å²) in [6.45, 7) is 4.46. The summed E-state index contributed by atoms with van der Waals surface area (Å²) in [6.07, 6.45) is 4.22. The molecule has 1 saturated heterocycles. The SMILES string of the molecule is CCCNc1ccc(CN2CCSCC2S(C)(=O)=O)cn1. The Kier molecular flexibility index (Phi) is 5.89. The first-order chi connectivity index (χ1) is 10.0. The molecule has 1 unspecified atom stereocenters. The van der Waals surface area contributed by atoms with Crippen LogP contribution in [0.15, 0.2) is 18.3 Å². The summed E-state index contributed by atoms with van der Waals surface area (Å²) in [6, 6.07) is 3.98. The minimum Gasteiger partial charge on any atom is -0.370 e. The second-order valence-corrected chi connectivity index (χ2v) is 8.66. The first kappa shape index (κ1) is 16.6. The van der Waals surface area contributed by atoms with E-state index >= 15 is 0 Å². The van der Waals surface area contributed by atoms with Gasteiger partial charge in [-0.05, 0) is 18.1 Å². The topological polar surface area (TPSA) is 62.3 Å². The van der Waals surface area contributed by atoms with Crippen LogP contribution in [0.5, 0.6) is 0 Å². The van der Waals surface area contributed by atoms with Gasteiger partial charge in [0, 0.05) is 43.6 Å². The predicted molar refractivity (Wildman–Crippen MR) is 89.4 cm³/mol. The minimum atomic E-state index is -3.04. The molecule has 1 aromatic rings. The molecule has 1 aliphatic heterocycles. The van der Waals surface area contributed by atoms with E-state index in [4.69, 9.17) is 0 Å². The highest BCUT2D eigenvalue weighted by atomic mass is 32.2. The van der Waals surface area contributed by atoms with E-state index in [0.29, 0.717) is 12.3 Å². The molecule has 2 rings (SSSR count). The molecule has 0 aromatic carbocycles. The molecule has 1 fully saturated rings. The van der Waals surface area contributed by atoms with Gasteiger partial charge in [0.15, 0.2) is 9.84 Å². The van der Waals surface area contributed by atoms with Crippen molar-refractivity contribution in [2.75, 3.05) is 36.2 Å². The van der Waals surface area contributed by atoms with Crippen molar-refractivity contribution in [2.45, 2.75) is 25.3 Å². The van der Waals surface area contributed by atoms with E-state index in [0.717, 1.165) is 36.6 Å². The van der Waals surface area contributed by atoms with E-state index in [1.807, 2.05) is 23.2 Å². The average Bonchev–Trinajstić information content (AvgIpc) is 2.46. The zero-order valence-corrected chi connectivity index (χ0v) is 14.2. The number of anilines is 1. The summed E-state index contributed by atoms with van der Waals surface area (Å²) in [5, 5.41) is 2.85. The third-order valence-corrected chi connectivity index (χ3v) is 6.14. The summed E-state index contributed by atoms with van der Waals surface area (Å²) >= 11 is 1.71. The Morgan fingerprint density at radius 3 is 2.90 bits per heavy atom. The van der Waals surface area contributed by atoms with Gasteiger partial charge in [-0.3, -0.25) is 4.90 Å². The smallest absolute Gasteiger partial charge is 0.164 e. The van der Waals surface area contributed by atoms with Crippen LogP contribution in [0.1, 0.15) is 18.9 Å². The maximum atomic E-state index is 11.9. The van der Waals surface area contributed by atoms with Gasteiger partial charge in [-0.25, -0.2) is 13.4 Å². The molecular formula is C14H23N3O2S2. The van der Waals surface area contributed by atoms with Gasteiger partial charge in [0.1, 0.15) is 11.2 Å². The van der Waals surface area contributed by atoms with Gasteiger partial charge in [0.05, 0.1) is 0 Å². The molecule has 0 radical (unpaired) electrons. The number of thioether (sulfide) groups is 1. The summed E-state index contributed by atoms with van der Waals surface area (Å²) in [7, 11) is -3.04. The van der Waals surface area contributed by atoms with E-state index in [9.17, 15) is 8.42 Å². The molecule has 0 aliphatic carbocycles. The summed E-state index contributed by atoms with van der Waals surface area (Å²) in [5.74, 6) is 2.51. The highest BCUT2D eigenvalue weighted by Gasteiger charge is 2.30. The fourth-order valence-corrected chi connectivity index (χ4v) is 5.24. The Balaban J connectivity index is 2.02. The normalized spacial score (nSPS) is 20.4. The predicted octanol–water partition coefficient (Wildman–Crippen LogP) is 1.82. The lowest BCUT2D eigenvalue weighted by molar-refractivity contribution is 0.262. The number of nitrogens with one attached hydrogen (secondary N) is 1. The molecule has 21 heavy (non-hydrogen) atoms. The Morgan fingerprint density at radius 1 is 1.48 bits per heavy atom. The Morgan fingerprint density at radius 2 is 2.29 bits per heavy atom. The van der Waals surface area contributed by atoms with Crippen LogP contribution in [0.2, 0.25) is 0 Å². The summed E-state index contributed by atoms with van der Waals surface area (Å²) in [5.41, 5.74) is 1.05. The van der Waals surface area contributed by atoms with Crippen LogP contribution in [0.3, 0.4) is 0 Å². The van der Waals surface area contributed by atoms with Gasteiger partial charge < -0.3 is 5.32 Å². The second kappa shape index (κ2) is 7.47. The largest absolute Gasteiger partial charge is 0.370 e. The number of hydrogen-bond acceptors (Lipinski definition) is 6. The van der Waals surface area contributed by atoms with Crippen molar-refractivity contribution in [3.63, 3.8) is 0 Å². The van der Waals surface area contributed by atoms with E-state index in [2.05, 4.69) is 17.2 Å². The Labute approximate surface area is 131 Å². The van der Waals surface area contributed by atoms with E-state index in [-0.39, 0.29) is 5.37 Å². The molecule has 118 valence electrons. The summed E-state index contributed by atoms with van der Waals surface area (Å²) < 4.78 is 23.8. The van der Waals surface area contributed by atoms with Crippen LogP contribution in [-0.2, 0) is 16.4 Å². The molecular weight excluding hydrogens is 306 g/mol. The fraction of sp³-hybridized carbons (Fsp3) is 0.643. The Hall–Kier alpha value is -0.790. The van der Waals surface area contributed by atoms with Gasteiger partial charge in [-0.1, -0.05) is 13.0 Å². The molecule has 0 bridgehead atoms. The molecule has 2 heterocycles. The lowest BCUT2D eigenvalue weighted by atomic mass is 10.2. The molecule has 0 saturated carbocycles. The molecule has 1 N–H and O–H groups in total. The fourth-order valence-electron chi connectivity index (χ4n) is 2.30. The highest BCUT2D eigenvalue weighted by molar-refractivity contribution is 8.00. The quantitative estimate of drug-likeness (QED) is 0.859. The zero-order valence-electron chi connectivity index (χ0n) is 12.6. The van der Waals surface area contributed by atoms with Crippen LogP contribution in [0.4, 0.5) is 5.82 Å². The van der Waals surface area contributed by atoms with Crippen molar-refractivity contribution in [1.82, 2.24) is 9.88 Å². The maximum absolute atomic E-state index is 11.9. The molecule has 7 heteroatoms. The molecule has 0 spiro atoms. The number of sulfone groups is 1. The van der Waals surface area contributed by atoms with Gasteiger partial charge >= 0.3 is 0 Å². The molecule has 1 atom stereocenters. The first-order valence-electron chi connectivity index (χ1n) is 7.20. The van der Waals surface area contributed by atoms with E-state index in [1.165, 1.54) is 6.26 Å². The van der Waals surface area contributed by atoms with Crippen molar-refractivity contribution in [2.24, 2.45) is 0 Å². The van der Waals surface area contributed by atoms with Crippen LogP contribution < -0.4 is 5.32 Å². The monoisotopic (exact) mass is 329 g/mol. The van der Waals surface area contributed by atoms with Crippen LogP contribution in [-0.4, -0.2) is 54.5 Å². The minimum absolute atomic E-state index is 0.380. The van der Waals surface area contributed by atoms with Crippen molar-refractivity contribution >= 4 is 27.4 Å². The lowest BCUT2D eigenvalue weighted by Gasteiger charge is -2.33. The van der Waals surface area contributed by atoms with Gasteiger partial charge in [-0.15, -0.1) is 0 Å². The molecule has 0 amide bonds. The number of pyridine rings is 1. The van der Waals surface area contributed by atoms with Crippen molar-refractivity contribution in [3.8, 4) is 0 Å². The van der Waals surface area contributed by atoms with E-state index < -0.39 is 9.84 Å². The average molecular weight is 329 g/mol. The third kappa shape index (κ3) is 4.86. The molecule has 5 nitrogen and oxygen atoms in total. The zero-order chi connectivity index (χ0) is 15.3. The second-order valence-electron chi connectivity index (χ2n) is 5.31. The van der Waals surface area contributed by atoms with Gasteiger partial charge in [0.2, 0.25) is 0 Å². The number of nitrogens with zero attached hydrogens (tertiary/aromatic N) is 2. The standard InChI is InChI=1S/C14H23N3O2S2/c1-3-6-15-13-5-4-12(9-16-13)10-17-7-8-20-11-14(17)21(2,18)19/h4-5,9,14H,3,6-8,10-11H2,1-2H3,(H,15,16). The first-order valence-corrected chi connectivity index (χ1v) is 10.3.